The number of hydrogen-bond acceptors (Lipinski definition) is 4. The number of hydrogen-bond donors (Lipinski definition) is 1. The molecule has 1 aliphatic rings. The van der Waals surface area contributed by atoms with Crippen molar-refractivity contribution in [3.63, 3.8) is 0 Å². The van der Waals surface area contributed by atoms with Crippen molar-refractivity contribution in [2.75, 3.05) is 27.3 Å². The van der Waals surface area contributed by atoms with Crippen LogP contribution in [0.4, 0.5) is 0 Å². The number of rotatable bonds is 4. The number of likely N-dealkylation sites (tertiary alicyclic amines) is 1. The van der Waals surface area contributed by atoms with Crippen molar-refractivity contribution in [3.8, 4) is 11.5 Å². The normalized spacial score (nSPS) is 24.2. The standard InChI is InChI=1S/C15H23NO3/c1-11-6-7-16(10-13(11)17)9-12-4-5-14(18-2)15(8-12)19-3/h4-5,8,11,13,17H,6-7,9-10H2,1-3H3. The van der Waals surface area contributed by atoms with Crippen LogP contribution in [0, 0.1) is 5.92 Å². The van der Waals surface area contributed by atoms with Crippen molar-refractivity contribution >= 4 is 0 Å². The molecule has 1 aliphatic heterocycles. The maximum Gasteiger partial charge on any atom is 0.161 e. The van der Waals surface area contributed by atoms with E-state index >= 15 is 0 Å². The van der Waals surface area contributed by atoms with E-state index in [1.165, 1.54) is 5.56 Å². The van der Waals surface area contributed by atoms with E-state index < -0.39 is 0 Å². The molecule has 0 radical (unpaired) electrons. The molecule has 1 aromatic carbocycles. The summed E-state index contributed by atoms with van der Waals surface area (Å²) in [6.07, 6.45) is 0.836. The van der Waals surface area contributed by atoms with E-state index in [0.29, 0.717) is 5.92 Å². The highest BCUT2D eigenvalue weighted by molar-refractivity contribution is 5.42. The van der Waals surface area contributed by atoms with Gasteiger partial charge in [-0.2, -0.15) is 0 Å². The highest BCUT2D eigenvalue weighted by Crippen LogP contribution is 2.28. The number of aliphatic hydroxyl groups is 1. The summed E-state index contributed by atoms with van der Waals surface area (Å²) in [6, 6.07) is 5.98. The summed E-state index contributed by atoms with van der Waals surface area (Å²) >= 11 is 0. The summed E-state index contributed by atoms with van der Waals surface area (Å²) in [6.45, 7) is 4.73. The van der Waals surface area contributed by atoms with Crippen molar-refractivity contribution in [2.24, 2.45) is 5.92 Å². The van der Waals surface area contributed by atoms with Crippen LogP contribution >= 0.6 is 0 Å². The molecule has 4 nitrogen and oxygen atoms in total. The maximum atomic E-state index is 9.92. The van der Waals surface area contributed by atoms with Crippen LogP contribution in [0.25, 0.3) is 0 Å². The van der Waals surface area contributed by atoms with Crippen LogP contribution in [0.5, 0.6) is 11.5 Å². The van der Waals surface area contributed by atoms with Crippen molar-refractivity contribution in [1.29, 1.82) is 0 Å². The van der Waals surface area contributed by atoms with Gasteiger partial charge in [-0.15, -0.1) is 0 Å². The van der Waals surface area contributed by atoms with Crippen LogP contribution in [-0.2, 0) is 6.54 Å². The molecular formula is C15H23NO3. The Morgan fingerprint density at radius 2 is 2.00 bits per heavy atom. The summed E-state index contributed by atoms with van der Waals surface area (Å²) < 4.78 is 10.5. The Bertz CT molecular complexity index is 422. The monoisotopic (exact) mass is 265 g/mol. The molecule has 1 N–H and O–H groups in total. The Morgan fingerprint density at radius 3 is 2.63 bits per heavy atom. The number of β-amino-alcohol motifs (C(OH)–C–C–N with tert-alkyl or cyclic N) is 1. The molecule has 0 amide bonds. The zero-order valence-electron chi connectivity index (χ0n) is 11.9. The molecule has 2 rings (SSSR count). The fourth-order valence-electron chi connectivity index (χ4n) is 2.50. The first-order valence-electron chi connectivity index (χ1n) is 6.75. The number of benzene rings is 1. The summed E-state index contributed by atoms with van der Waals surface area (Å²) in [5, 5.41) is 9.92. The molecule has 2 atom stereocenters. The van der Waals surface area contributed by atoms with Crippen molar-refractivity contribution in [3.05, 3.63) is 23.8 Å². The predicted octanol–water partition coefficient (Wildman–Crippen LogP) is 1.91. The number of ether oxygens (including phenoxy) is 2. The lowest BCUT2D eigenvalue weighted by molar-refractivity contribution is 0.0259. The molecule has 0 aliphatic carbocycles. The van der Waals surface area contributed by atoms with Gasteiger partial charge in [0, 0.05) is 13.1 Å². The molecule has 1 heterocycles. The van der Waals surface area contributed by atoms with Crippen LogP contribution in [0.15, 0.2) is 18.2 Å². The Labute approximate surface area is 114 Å². The molecule has 1 aromatic rings. The lowest BCUT2D eigenvalue weighted by Gasteiger charge is -2.34. The minimum absolute atomic E-state index is 0.214. The first-order valence-corrected chi connectivity index (χ1v) is 6.75. The first-order chi connectivity index (χ1) is 9.13. The molecule has 4 heteroatoms. The average Bonchev–Trinajstić information content (AvgIpc) is 2.43. The third-order valence-electron chi connectivity index (χ3n) is 3.86. The second kappa shape index (κ2) is 6.26. The minimum atomic E-state index is -0.214. The third kappa shape index (κ3) is 3.39. The van der Waals surface area contributed by atoms with Gasteiger partial charge >= 0.3 is 0 Å². The van der Waals surface area contributed by atoms with Crippen molar-refractivity contribution in [1.82, 2.24) is 4.90 Å². The molecule has 1 saturated heterocycles. The fraction of sp³-hybridized carbons (Fsp3) is 0.600. The highest BCUT2D eigenvalue weighted by atomic mass is 16.5. The van der Waals surface area contributed by atoms with Crippen LogP contribution in [0.1, 0.15) is 18.9 Å². The largest absolute Gasteiger partial charge is 0.493 e. The van der Waals surface area contributed by atoms with Gasteiger partial charge in [0.2, 0.25) is 0 Å². The number of methoxy groups -OCH3 is 2. The van der Waals surface area contributed by atoms with Crippen molar-refractivity contribution in [2.45, 2.75) is 26.0 Å². The SMILES string of the molecule is COc1ccc(CN2CCC(C)C(O)C2)cc1OC. The summed E-state index contributed by atoms with van der Waals surface area (Å²) in [4.78, 5) is 2.28. The number of nitrogens with zero attached hydrogens (tertiary/aromatic N) is 1. The molecule has 106 valence electrons. The Balaban J connectivity index is 2.03. The number of piperidine rings is 1. The zero-order chi connectivity index (χ0) is 13.8. The van der Waals surface area contributed by atoms with E-state index in [2.05, 4.69) is 11.8 Å². The van der Waals surface area contributed by atoms with E-state index in [1.807, 2.05) is 18.2 Å². The molecule has 2 unspecified atom stereocenters. The Hall–Kier alpha value is -1.26. The highest BCUT2D eigenvalue weighted by Gasteiger charge is 2.24. The zero-order valence-corrected chi connectivity index (χ0v) is 11.9. The van der Waals surface area contributed by atoms with Crippen LogP contribution in [0.2, 0.25) is 0 Å². The molecule has 0 bridgehead atoms. The molecule has 1 fully saturated rings. The van der Waals surface area contributed by atoms with E-state index in [4.69, 9.17) is 9.47 Å². The Kier molecular flexibility index (Phi) is 4.66. The van der Waals surface area contributed by atoms with Gasteiger partial charge in [0.25, 0.3) is 0 Å². The molecular weight excluding hydrogens is 242 g/mol. The number of aliphatic hydroxyl groups excluding tert-OH is 1. The molecule has 0 saturated carbocycles. The van der Waals surface area contributed by atoms with E-state index in [0.717, 1.165) is 37.6 Å². The average molecular weight is 265 g/mol. The van der Waals surface area contributed by atoms with E-state index in [1.54, 1.807) is 14.2 Å². The smallest absolute Gasteiger partial charge is 0.161 e. The van der Waals surface area contributed by atoms with E-state index in [9.17, 15) is 5.11 Å². The lowest BCUT2D eigenvalue weighted by atomic mass is 9.96. The molecule has 0 spiro atoms. The van der Waals surface area contributed by atoms with Crippen LogP contribution in [-0.4, -0.2) is 43.4 Å². The second-order valence-corrected chi connectivity index (χ2v) is 5.26. The van der Waals surface area contributed by atoms with Crippen LogP contribution < -0.4 is 9.47 Å². The first kappa shape index (κ1) is 14.2. The van der Waals surface area contributed by atoms with Crippen molar-refractivity contribution < 1.29 is 14.6 Å². The topological polar surface area (TPSA) is 41.9 Å². The van der Waals surface area contributed by atoms with Gasteiger partial charge in [0.15, 0.2) is 11.5 Å². The van der Waals surface area contributed by atoms with Gasteiger partial charge in [0.1, 0.15) is 0 Å². The quantitative estimate of drug-likeness (QED) is 0.903. The van der Waals surface area contributed by atoms with Gasteiger partial charge in [-0.05, 0) is 36.6 Å². The predicted molar refractivity (Wildman–Crippen MR) is 74.6 cm³/mol. The molecule has 19 heavy (non-hydrogen) atoms. The summed E-state index contributed by atoms with van der Waals surface area (Å²) in [5.41, 5.74) is 1.18. The second-order valence-electron chi connectivity index (χ2n) is 5.26. The third-order valence-corrected chi connectivity index (χ3v) is 3.86. The lowest BCUT2D eigenvalue weighted by Crippen LogP contribution is -2.42. The van der Waals surface area contributed by atoms with Gasteiger partial charge in [-0.25, -0.2) is 0 Å². The van der Waals surface area contributed by atoms with Gasteiger partial charge in [0.05, 0.1) is 20.3 Å². The van der Waals surface area contributed by atoms with Gasteiger partial charge < -0.3 is 14.6 Å². The molecule has 0 aromatic heterocycles. The van der Waals surface area contributed by atoms with Gasteiger partial charge in [-0.1, -0.05) is 13.0 Å². The van der Waals surface area contributed by atoms with Gasteiger partial charge in [-0.3, -0.25) is 4.90 Å². The maximum absolute atomic E-state index is 9.92. The fourth-order valence-corrected chi connectivity index (χ4v) is 2.50. The van der Waals surface area contributed by atoms with E-state index in [-0.39, 0.29) is 6.10 Å². The Morgan fingerprint density at radius 1 is 1.26 bits per heavy atom. The summed E-state index contributed by atoms with van der Waals surface area (Å²) in [7, 11) is 3.29. The summed E-state index contributed by atoms with van der Waals surface area (Å²) in [5.74, 6) is 1.91. The minimum Gasteiger partial charge on any atom is -0.493 e. The van der Waals surface area contributed by atoms with Crippen LogP contribution in [0.3, 0.4) is 0 Å².